The molecule has 0 bridgehead atoms. The second-order valence-corrected chi connectivity index (χ2v) is 7.69. The fraction of sp³-hybridized carbons (Fsp3) is 0.870. The molecule has 150 valence electrons. The largest absolute Gasteiger partial charge is 0.462 e. The maximum atomic E-state index is 11.2. The van der Waals surface area contributed by atoms with Crippen LogP contribution in [0.4, 0.5) is 0 Å². The zero-order valence-electron chi connectivity index (χ0n) is 16.7. The number of esters is 1. The summed E-state index contributed by atoms with van der Waals surface area (Å²) in [5, 5.41) is 0. The third-order valence-corrected chi connectivity index (χ3v) is 4.51. The molecular weight excluding hydrogens is 308 g/mol. The van der Waals surface area contributed by atoms with Crippen LogP contribution in [0.2, 0.25) is 0 Å². The number of hydrogen-bond acceptors (Lipinski definition) is 2. The molecule has 0 heterocycles. The summed E-state index contributed by atoms with van der Waals surface area (Å²) < 4.78 is 5.08. The average molecular weight is 355 g/mol. The van der Waals surface area contributed by atoms with Gasteiger partial charge in [-0.25, -0.2) is 4.79 Å². The lowest BCUT2D eigenvalue weighted by Gasteiger charge is -2.05. The molecule has 0 fully saturated rings. The van der Waals surface area contributed by atoms with Gasteiger partial charge >= 0.3 is 5.97 Å². The van der Waals surface area contributed by atoms with Crippen LogP contribution in [0, 0.1) is 5.92 Å². The molecule has 0 saturated carbocycles. The molecule has 0 saturated heterocycles. The first-order chi connectivity index (χ1) is 11.5. The monoisotopic (exact) mass is 354 g/mol. The van der Waals surface area contributed by atoms with Crippen LogP contribution in [0.5, 0.6) is 0 Å². The Kier molecular flexibility index (Phi) is 20.7. The van der Waals surface area contributed by atoms with Crippen molar-refractivity contribution >= 4 is 5.97 Å². The highest BCUT2D eigenvalue weighted by Gasteiger charge is 2.01. The first kappa shape index (κ1) is 26.4. The number of hydrogen-bond donors (Lipinski definition) is 0. The molecule has 2 heteroatoms. The minimum Gasteiger partial charge on any atom is -0.462 e. The van der Waals surface area contributed by atoms with E-state index in [1.54, 1.807) is 6.92 Å². The topological polar surface area (TPSA) is 26.3 Å². The van der Waals surface area contributed by atoms with E-state index in [4.69, 9.17) is 4.74 Å². The lowest BCUT2D eigenvalue weighted by Crippen LogP contribution is -2.05. The fourth-order valence-corrected chi connectivity index (χ4v) is 2.89. The van der Waals surface area contributed by atoms with Gasteiger partial charge in [0, 0.05) is 5.57 Å². The van der Waals surface area contributed by atoms with E-state index in [9.17, 15) is 4.79 Å². The molecule has 0 aliphatic carbocycles. The van der Waals surface area contributed by atoms with Crippen molar-refractivity contribution < 1.29 is 9.53 Å². The molecular formula is C23H46O2. The number of unbranched alkanes of at least 4 members (excludes halogenated alkanes) is 12. The van der Waals surface area contributed by atoms with Crippen molar-refractivity contribution in [3.63, 3.8) is 0 Å². The van der Waals surface area contributed by atoms with E-state index >= 15 is 0 Å². The Hall–Kier alpha value is -0.790. The minimum absolute atomic E-state index is 0. The number of carbonyl (C=O) groups excluding carboxylic acids is 1. The molecule has 0 N–H and O–H groups in total. The van der Waals surface area contributed by atoms with Gasteiger partial charge in [0.25, 0.3) is 0 Å². The Balaban J connectivity index is 0. The number of rotatable bonds is 17. The second-order valence-electron chi connectivity index (χ2n) is 7.69. The first-order valence-electron chi connectivity index (χ1n) is 10.4. The Morgan fingerprint density at radius 1 is 0.760 bits per heavy atom. The van der Waals surface area contributed by atoms with E-state index < -0.39 is 0 Å². The molecule has 25 heavy (non-hydrogen) atoms. The van der Waals surface area contributed by atoms with Crippen LogP contribution in [0.3, 0.4) is 0 Å². The summed E-state index contributed by atoms with van der Waals surface area (Å²) in [4.78, 5) is 11.2. The zero-order valence-corrected chi connectivity index (χ0v) is 16.7. The summed E-state index contributed by atoms with van der Waals surface area (Å²) in [7, 11) is 0. The van der Waals surface area contributed by atoms with Crippen molar-refractivity contribution in [2.45, 2.75) is 118 Å². The number of ether oxygens (including phenoxy) is 1. The Morgan fingerprint density at radius 3 is 1.48 bits per heavy atom. The van der Waals surface area contributed by atoms with Gasteiger partial charge in [0.2, 0.25) is 0 Å². The van der Waals surface area contributed by atoms with Gasteiger partial charge in [0.1, 0.15) is 0 Å². The van der Waals surface area contributed by atoms with E-state index in [1.165, 1.54) is 83.5 Å². The Bertz CT molecular complexity index is 307. The summed E-state index contributed by atoms with van der Waals surface area (Å²) in [6, 6.07) is 0. The summed E-state index contributed by atoms with van der Waals surface area (Å²) in [5.41, 5.74) is 0.491. The van der Waals surface area contributed by atoms with Crippen LogP contribution in [-0.4, -0.2) is 12.6 Å². The SMILES string of the molecule is C.C=C(C)C(=O)OCCCCCCCCCCCCCCCC(C)C. The molecule has 2 nitrogen and oxygen atoms in total. The molecule has 0 spiro atoms. The van der Waals surface area contributed by atoms with Gasteiger partial charge in [-0.2, -0.15) is 0 Å². The summed E-state index contributed by atoms with van der Waals surface area (Å²) in [5.74, 6) is 0.617. The molecule has 0 atom stereocenters. The first-order valence-corrected chi connectivity index (χ1v) is 10.4. The van der Waals surface area contributed by atoms with E-state index in [2.05, 4.69) is 20.4 Å². The van der Waals surface area contributed by atoms with Gasteiger partial charge in [0.15, 0.2) is 0 Å². The lowest BCUT2D eigenvalue weighted by molar-refractivity contribution is -0.139. The molecule has 0 aliphatic rings. The minimum atomic E-state index is -0.255. The summed E-state index contributed by atoms with van der Waals surface area (Å²) in [6.07, 6.45) is 18.8. The molecule has 0 aromatic carbocycles. The van der Waals surface area contributed by atoms with E-state index in [0.29, 0.717) is 12.2 Å². The van der Waals surface area contributed by atoms with Gasteiger partial charge in [-0.1, -0.05) is 111 Å². The predicted octanol–water partition coefficient (Wildman–Crippen LogP) is 7.86. The normalized spacial score (nSPS) is 10.6. The quantitative estimate of drug-likeness (QED) is 0.151. The molecule has 0 rings (SSSR count). The van der Waals surface area contributed by atoms with E-state index in [0.717, 1.165) is 12.3 Å². The van der Waals surface area contributed by atoms with Gasteiger partial charge in [0.05, 0.1) is 6.61 Å². The van der Waals surface area contributed by atoms with Gasteiger partial charge < -0.3 is 4.74 Å². The number of carbonyl (C=O) groups is 1. The van der Waals surface area contributed by atoms with Gasteiger partial charge in [-0.3, -0.25) is 0 Å². The van der Waals surface area contributed by atoms with E-state index in [1.807, 2.05) is 0 Å². The van der Waals surface area contributed by atoms with Crippen molar-refractivity contribution in [1.29, 1.82) is 0 Å². The van der Waals surface area contributed by atoms with E-state index in [-0.39, 0.29) is 13.4 Å². The van der Waals surface area contributed by atoms with Crippen LogP contribution in [0.15, 0.2) is 12.2 Å². The van der Waals surface area contributed by atoms with Crippen LogP contribution in [-0.2, 0) is 9.53 Å². The Labute approximate surface area is 158 Å². The molecule has 0 amide bonds. The summed E-state index contributed by atoms with van der Waals surface area (Å²) in [6.45, 7) is 10.4. The van der Waals surface area contributed by atoms with Crippen molar-refractivity contribution in [3.05, 3.63) is 12.2 Å². The molecule has 0 aromatic rings. The third-order valence-electron chi connectivity index (χ3n) is 4.51. The van der Waals surface area contributed by atoms with Gasteiger partial charge in [-0.05, 0) is 19.3 Å². The molecule has 0 aliphatic heterocycles. The molecule has 0 aromatic heterocycles. The average Bonchev–Trinajstić information content (AvgIpc) is 2.53. The van der Waals surface area contributed by atoms with Crippen LogP contribution < -0.4 is 0 Å². The Morgan fingerprint density at radius 2 is 1.12 bits per heavy atom. The predicted molar refractivity (Wildman–Crippen MR) is 112 cm³/mol. The fourth-order valence-electron chi connectivity index (χ4n) is 2.89. The zero-order chi connectivity index (χ0) is 18.0. The highest BCUT2D eigenvalue weighted by molar-refractivity contribution is 5.86. The molecule has 0 radical (unpaired) electrons. The standard InChI is InChI=1S/C22H42O2.CH4/c1-20(2)18-16-14-12-10-8-6-5-7-9-11-13-15-17-19-24-22(23)21(3)4;/h20H,3,5-19H2,1-2,4H3;1H4. The highest BCUT2D eigenvalue weighted by Crippen LogP contribution is 2.14. The van der Waals surface area contributed by atoms with Crippen LogP contribution in [0.1, 0.15) is 118 Å². The van der Waals surface area contributed by atoms with Gasteiger partial charge in [-0.15, -0.1) is 0 Å². The van der Waals surface area contributed by atoms with Crippen molar-refractivity contribution in [3.8, 4) is 0 Å². The third kappa shape index (κ3) is 21.2. The maximum absolute atomic E-state index is 11.2. The summed E-state index contributed by atoms with van der Waals surface area (Å²) >= 11 is 0. The van der Waals surface area contributed by atoms with Crippen molar-refractivity contribution in [2.24, 2.45) is 5.92 Å². The van der Waals surface area contributed by atoms with Crippen LogP contribution in [0.25, 0.3) is 0 Å². The van der Waals surface area contributed by atoms with Crippen LogP contribution >= 0.6 is 0 Å². The highest BCUT2D eigenvalue weighted by atomic mass is 16.5. The smallest absolute Gasteiger partial charge is 0.333 e. The molecule has 0 unspecified atom stereocenters. The maximum Gasteiger partial charge on any atom is 0.333 e. The van der Waals surface area contributed by atoms with Crippen molar-refractivity contribution in [2.75, 3.05) is 6.61 Å². The van der Waals surface area contributed by atoms with Crippen molar-refractivity contribution in [1.82, 2.24) is 0 Å². The second kappa shape index (κ2) is 19.5. The lowest BCUT2D eigenvalue weighted by atomic mass is 10.0.